The van der Waals surface area contributed by atoms with Gasteiger partial charge in [-0.3, -0.25) is 0 Å². The molecule has 0 bridgehead atoms. The lowest BCUT2D eigenvalue weighted by Crippen LogP contribution is -2.50. The number of piperazine rings is 1. The molecule has 4 aromatic rings. The second kappa shape index (κ2) is 12.8. The Morgan fingerprint density at radius 1 is 1.05 bits per heavy atom. The summed E-state index contributed by atoms with van der Waals surface area (Å²) < 4.78 is 30.7. The van der Waals surface area contributed by atoms with Crippen molar-refractivity contribution in [2.24, 2.45) is 0 Å². The maximum atomic E-state index is 15.4. The first-order valence-corrected chi connectivity index (χ1v) is 14.7. The molecular weight excluding hydrogens is 586 g/mol. The summed E-state index contributed by atoms with van der Waals surface area (Å²) in [5.41, 5.74) is 4.17. The van der Waals surface area contributed by atoms with Crippen molar-refractivity contribution in [1.82, 2.24) is 14.9 Å². The highest BCUT2D eigenvalue weighted by atomic mass is 35.5. The number of nitrogens with one attached hydrogen (secondary N) is 1. The summed E-state index contributed by atoms with van der Waals surface area (Å²) in [6, 6.07) is 13.3. The lowest BCUT2D eigenvalue weighted by molar-refractivity contribution is 0.199. The first-order chi connectivity index (χ1) is 20.9. The Morgan fingerprint density at radius 2 is 1.77 bits per heavy atom. The largest absolute Gasteiger partial charge is 0.465 e. The summed E-state index contributed by atoms with van der Waals surface area (Å²) in [5.74, 6) is -0.946. The van der Waals surface area contributed by atoms with Crippen LogP contribution in [0, 0.1) is 32.4 Å². The van der Waals surface area contributed by atoms with Crippen LogP contribution in [-0.2, 0) is 0 Å². The number of likely N-dealkylation sites (N-methyl/N-ethyl adjacent to an activating group) is 1. The number of halogens is 3. The molecule has 2 unspecified atom stereocenters. The van der Waals surface area contributed by atoms with Crippen molar-refractivity contribution in [3.8, 4) is 0 Å². The predicted octanol–water partition coefficient (Wildman–Crippen LogP) is 7.49. The quantitative estimate of drug-likeness (QED) is 0.221. The SMILES string of the molecule is Cc1cc(C)c(C(c2cc(Cl)ccc2F)N(C(=O)O)c2ccnc(Nc3ccc(N4CCN(C)C(C)C4)c(F)c3)n2)c(C)c1. The van der Waals surface area contributed by atoms with Gasteiger partial charge in [-0.15, -0.1) is 0 Å². The summed E-state index contributed by atoms with van der Waals surface area (Å²) in [5, 5.41) is 13.8. The van der Waals surface area contributed by atoms with Crippen LogP contribution in [-0.4, -0.2) is 58.8 Å². The maximum absolute atomic E-state index is 15.4. The van der Waals surface area contributed by atoms with Crippen LogP contribution >= 0.6 is 11.6 Å². The molecule has 230 valence electrons. The Morgan fingerprint density at radius 3 is 2.43 bits per heavy atom. The van der Waals surface area contributed by atoms with E-state index in [0.717, 1.165) is 34.7 Å². The molecule has 0 aliphatic carbocycles. The number of anilines is 4. The van der Waals surface area contributed by atoms with Crippen LogP contribution in [0.1, 0.15) is 40.8 Å². The van der Waals surface area contributed by atoms with Gasteiger partial charge in [0, 0.05) is 48.1 Å². The van der Waals surface area contributed by atoms with Crippen LogP contribution < -0.4 is 15.1 Å². The van der Waals surface area contributed by atoms with Crippen LogP contribution in [0.2, 0.25) is 5.02 Å². The summed E-state index contributed by atoms with van der Waals surface area (Å²) >= 11 is 6.28. The van der Waals surface area contributed by atoms with Gasteiger partial charge in [0.2, 0.25) is 5.95 Å². The first kappa shape index (κ1) is 31.2. The molecular formula is C33H35ClF2N6O2. The number of hydrogen-bond acceptors (Lipinski definition) is 6. The Labute approximate surface area is 260 Å². The molecule has 5 rings (SSSR count). The fourth-order valence-electron chi connectivity index (χ4n) is 5.89. The zero-order valence-electron chi connectivity index (χ0n) is 25.3. The smallest absolute Gasteiger partial charge is 0.413 e. The van der Waals surface area contributed by atoms with E-state index in [4.69, 9.17) is 11.6 Å². The standard InChI is InChI=1S/C33H35ClF2N6O2/c1-19-14-20(2)30(21(3)15-19)31(25-16-23(34)6-8-26(25)35)42(33(43)44)29-10-11-37-32(39-29)38-24-7-9-28(27(36)17-24)41-13-12-40(5)22(4)18-41/h6-11,14-17,22,31H,12-13,18H2,1-5H3,(H,43,44)(H,37,38,39). The molecule has 1 aliphatic rings. The van der Waals surface area contributed by atoms with Crippen molar-refractivity contribution >= 4 is 40.8 Å². The van der Waals surface area contributed by atoms with Gasteiger partial charge in [-0.1, -0.05) is 29.3 Å². The highest BCUT2D eigenvalue weighted by molar-refractivity contribution is 6.30. The van der Waals surface area contributed by atoms with E-state index in [9.17, 15) is 9.90 Å². The molecule has 2 heterocycles. The zero-order valence-corrected chi connectivity index (χ0v) is 26.0. The Balaban J connectivity index is 1.52. The van der Waals surface area contributed by atoms with Crippen molar-refractivity contribution in [2.45, 2.75) is 39.8 Å². The van der Waals surface area contributed by atoms with Crippen LogP contribution in [0.4, 0.5) is 36.7 Å². The van der Waals surface area contributed by atoms with E-state index in [1.807, 2.05) is 37.8 Å². The van der Waals surface area contributed by atoms with Crippen LogP contribution in [0.25, 0.3) is 0 Å². The maximum Gasteiger partial charge on any atom is 0.413 e. The number of carboxylic acid groups (broad SMARTS) is 1. The number of aromatic nitrogens is 2. The van der Waals surface area contributed by atoms with E-state index in [0.29, 0.717) is 29.5 Å². The Kier molecular flexibility index (Phi) is 9.03. The van der Waals surface area contributed by atoms with Crippen molar-refractivity contribution in [3.05, 3.63) is 105 Å². The molecule has 2 N–H and O–H groups in total. The second-order valence-electron chi connectivity index (χ2n) is 11.3. The average molecular weight is 621 g/mol. The highest BCUT2D eigenvalue weighted by Gasteiger charge is 2.34. The number of aryl methyl sites for hydroxylation is 3. The van der Waals surface area contributed by atoms with Gasteiger partial charge in [0.15, 0.2) is 0 Å². The number of hydrogen-bond donors (Lipinski definition) is 2. The fraction of sp³-hybridized carbons (Fsp3) is 0.303. The minimum absolute atomic E-state index is 0.00210. The average Bonchev–Trinajstić information content (AvgIpc) is 2.95. The normalized spacial score (nSPS) is 16.1. The van der Waals surface area contributed by atoms with E-state index >= 15 is 8.78 Å². The van der Waals surface area contributed by atoms with Crippen LogP contribution in [0.15, 0.2) is 60.8 Å². The number of amides is 1. The minimum atomic E-state index is -1.35. The molecule has 1 aliphatic heterocycles. The van der Waals surface area contributed by atoms with Gasteiger partial charge in [-0.25, -0.2) is 23.5 Å². The molecule has 2 atom stereocenters. The zero-order chi connectivity index (χ0) is 31.7. The van der Waals surface area contributed by atoms with E-state index < -0.39 is 23.8 Å². The molecule has 1 aromatic heterocycles. The summed E-state index contributed by atoms with van der Waals surface area (Å²) in [7, 11) is 2.06. The van der Waals surface area contributed by atoms with Gasteiger partial charge in [-0.05, 0) is 93.9 Å². The Hall–Kier alpha value is -4.28. The van der Waals surface area contributed by atoms with E-state index in [-0.39, 0.29) is 22.4 Å². The molecule has 8 nitrogen and oxygen atoms in total. The highest BCUT2D eigenvalue weighted by Crippen LogP contribution is 2.39. The van der Waals surface area contributed by atoms with Gasteiger partial charge in [0.05, 0.1) is 11.7 Å². The third-order valence-corrected chi connectivity index (χ3v) is 8.36. The molecule has 0 saturated carbocycles. The Bertz CT molecular complexity index is 1680. The van der Waals surface area contributed by atoms with Gasteiger partial charge in [-0.2, -0.15) is 4.98 Å². The summed E-state index contributed by atoms with van der Waals surface area (Å²) in [6.07, 6.45) is 0.0483. The third kappa shape index (κ3) is 6.46. The molecule has 1 saturated heterocycles. The van der Waals surface area contributed by atoms with Gasteiger partial charge in [0.25, 0.3) is 0 Å². The lowest BCUT2D eigenvalue weighted by Gasteiger charge is -2.39. The van der Waals surface area contributed by atoms with Gasteiger partial charge >= 0.3 is 6.09 Å². The molecule has 0 spiro atoms. The summed E-state index contributed by atoms with van der Waals surface area (Å²) in [6.45, 7) is 10.0. The first-order valence-electron chi connectivity index (χ1n) is 14.3. The molecule has 1 amide bonds. The minimum Gasteiger partial charge on any atom is -0.465 e. The van der Waals surface area contributed by atoms with Crippen LogP contribution in [0.3, 0.4) is 0 Å². The van der Waals surface area contributed by atoms with Gasteiger partial charge in [0.1, 0.15) is 17.5 Å². The summed E-state index contributed by atoms with van der Waals surface area (Å²) in [4.78, 5) is 26.9. The van der Waals surface area contributed by atoms with Gasteiger partial charge < -0.3 is 20.2 Å². The number of carbonyl (C=O) groups is 1. The number of nitrogens with zero attached hydrogens (tertiary/aromatic N) is 5. The number of rotatable bonds is 7. The number of benzene rings is 3. The molecule has 44 heavy (non-hydrogen) atoms. The molecule has 11 heteroatoms. The molecule has 3 aromatic carbocycles. The van der Waals surface area contributed by atoms with Crippen molar-refractivity contribution < 1.29 is 18.7 Å². The molecule has 1 fully saturated rings. The predicted molar refractivity (Wildman–Crippen MR) is 170 cm³/mol. The van der Waals surface area contributed by atoms with Crippen molar-refractivity contribution in [2.75, 3.05) is 41.8 Å². The topological polar surface area (TPSA) is 84.8 Å². The van der Waals surface area contributed by atoms with Crippen molar-refractivity contribution in [3.63, 3.8) is 0 Å². The third-order valence-electron chi connectivity index (χ3n) is 8.12. The van der Waals surface area contributed by atoms with E-state index in [1.54, 1.807) is 12.1 Å². The van der Waals surface area contributed by atoms with Crippen LogP contribution in [0.5, 0.6) is 0 Å². The second-order valence-corrected chi connectivity index (χ2v) is 11.8. The monoisotopic (exact) mass is 620 g/mol. The van der Waals surface area contributed by atoms with E-state index in [2.05, 4.69) is 34.2 Å². The fourth-order valence-corrected chi connectivity index (χ4v) is 6.07. The van der Waals surface area contributed by atoms with Crippen molar-refractivity contribution in [1.29, 1.82) is 0 Å². The molecule has 0 radical (unpaired) electrons. The van der Waals surface area contributed by atoms with E-state index in [1.165, 1.54) is 36.5 Å². The lowest BCUT2D eigenvalue weighted by atomic mass is 9.88.